The van der Waals surface area contributed by atoms with Crippen LogP contribution < -0.4 is 10.6 Å². The lowest BCUT2D eigenvalue weighted by molar-refractivity contribution is -0.141. The Bertz CT molecular complexity index is 1610. The summed E-state index contributed by atoms with van der Waals surface area (Å²) in [6, 6.07) is 6.11. The Morgan fingerprint density at radius 1 is 1.18 bits per heavy atom. The number of imidazole rings is 1. The van der Waals surface area contributed by atoms with Gasteiger partial charge in [0.2, 0.25) is 5.91 Å². The summed E-state index contributed by atoms with van der Waals surface area (Å²) < 4.78 is 42.9. The molecule has 1 atom stereocenters. The van der Waals surface area contributed by atoms with E-state index in [9.17, 15) is 27.6 Å². The van der Waals surface area contributed by atoms with E-state index >= 15 is 0 Å². The van der Waals surface area contributed by atoms with Gasteiger partial charge in [-0.25, -0.2) is 4.98 Å². The molecule has 4 heterocycles. The second kappa shape index (κ2) is 12.7. The van der Waals surface area contributed by atoms with E-state index in [0.717, 1.165) is 36.6 Å². The first kappa shape index (κ1) is 31.0. The number of nitrogens with one attached hydrogen (secondary N) is 2. The van der Waals surface area contributed by atoms with Crippen LogP contribution >= 0.6 is 11.6 Å². The number of aromatic nitrogens is 4. The second-order valence-electron chi connectivity index (χ2n) is 10.7. The molecule has 5 rings (SSSR count). The van der Waals surface area contributed by atoms with Gasteiger partial charge in [-0.05, 0) is 43.6 Å². The molecule has 2 N–H and O–H groups in total. The van der Waals surface area contributed by atoms with Crippen LogP contribution in [0, 0.1) is 17.2 Å². The molecule has 2 aromatic heterocycles. The lowest BCUT2D eigenvalue weighted by atomic mass is 10.0. The summed E-state index contributed by atoms with van der Waals surface area (Å²) in [5, 5.41) is 18.3. The zero-order valence-electron chi connectivity index (χ0n) is 23.7. The third kappa shape index (κ3) is 6.56. The molecule has 3 amide bonds. The minimum absolute atomic E-state index is 0.0250. The Kier molecular flexibility index (Phi) is 8.93. The molecule has 0 aliphatic carbocycles. The van der Waals surface area contributed by atoms with Crippen molar-refractivity contribution in [1.29, 1.82) is 5.26 Å². The molecule has 3 aromatic rings. The van der Waals surface area contributed by atoms with Crippen molar-refractivity contribution in [2.45, 2.75) is 25.6 Å². The van der Waals surface area contributed by atoms with Crippen LogP contribution in [-0.2, 0) is 24.6 Å². The fraction of sp³-hybridized carbons (Fsp3) is 0.429. The maximum absolute atomic E-state index is 13.6. The standard InChI is InChI=1S/C28H29ClF3N9O3/c1-38-22(20-16-41(7-5-33)37-24(20)28(30,31)32)15-35-25(38)26(43)36-18-2-3-19(21(29)13-18)27(44)40-10-8-39(9-11-40)23(42)12-17-4-6-34-14-17/h2-3,13,15-17,34H,4,6-12,14H2,1H3,(H,36,43)/t17-/m1/s1. The number of amides is 3. The normalized spacial score (nSPS) is 17.0. The van der Waals surface area contributed by atoms with Gasteiger partial charge in [-0.3, -0.25) is 19.1 Å². The van der Waals surface area contributed by atoms with Gasteiger partial charge < -0.3 is 25.0 Å². The number of anilines is 1. The van der Waals surface area contributed by atoms with Gasteiger partial charge in [0.25, 0.3) is 11.8 Å². The predicted molar refractivity (Wildman–Crippen MR) is 153 cm³/mol. The molecule has 2 aliphatic heterocycles. The van der Waals surface area contributed by atoms with E-state index < -0.39 is 17.8 Å². The number of hydrogen-bond acceptors (Lipinski definition) is 7. The van der Waals surface area contributed by atoms with Crippen LogP contribution in [0.3, 0.4) is 0 Å². The molecule has 0 unspecified atom stereocenters. The van der Waals surface area contributed by atoms with Gasteiger partial charge in [0.1, 0.15) is 6.54 Å². The number of carbonyl (C=O) groups excluding carboxylic acids is 3. The highest BCUT2D eigenvalue weighted by Gasteiger charge is 2.38. The van der Waals surface area contributed by atoms with E-state index in [0.29, 0.717) is 38.5 Å². The number of halogens is 4. The smallest absolute Gasteiger partial charge is 0.339 e. The van der Waals surface area contributed by atoms with E-state index in [1.807, 2.05) is 0 Å². The zero-order valence-corrected chi connectivity index (χ0v) is 24.5. The van der Waals surface area contributed by atoms with Crippen molar-refractivity contribution < 1.29 is 27.6 Å². The summed E-state index contributed by atoms with van der Waals surface area (Å²) in [6.07, 6.45) is -1.11. The first-order valence-corrected chi connectivity index (χ1v) is 14.3. The highest BCUT2D eigenvalue weighted by Crippen LogP contribution is 2.36. The molecule has 16 heteroatoms. The molecule has 12 nitrogen and oxygen atoms in total. The number of alkyl halides is 3. The minimum atomic E-state index is -4.80. The Labute approximate surface area is 255 Å². The quantitative estimate of drug-likeness (QED) is 0.408. The van der Waals surface area contributed by atoms with E-state index in [-0.39, 0.29) is 51.7 Å². The minimum Gasteiger partial charge on any atom is -0.339 e. The summed E-state index contributed by atoms with van der Waals surface area (Å²) in [6.45, 7) is 3.00. The van der Waals surface area contributed by atoms with Gasteiger partial charge in [0.05, 0.1) is 34.1 Å². The van der Waals surface area contributed by atoms with Crippen LogP contribution in [0.4, 0.5) is 18.9 Å². The van der Waals surface area contributed by atoms with E-state index in [4.69, 9.17) is 16.9 Å². The molecule has 1 aromatic carbocycles. The van der Waals surface area contributed by atoms with Crippen molar-refractivity contribution in [2.75, 3.05) is 44.6 Å². The van der Waals surface area contributed by atoms with Gasteiger partial charge in [-0.1, -0.05) is 11.6 Å². The van der Waals surface area contributed by atoms with Crippen LogP contribution in [-0.4, -0.2) is 86.1 Å². The molecule has 0 bridgehead atoms. The number of hydrogen-bond donors (Lipinski definition) is 2. The first-order chi connectivity index (χ1) is 21.0. The molecule has 2 fully saturated rings. The van der Waals surface area contributed by atoms with E-state index in [1.54, 1.807) is 15.9 Å². The predicted octanol–water partition coefficient (Wildman–Crippen LogP) is 3.02. The number of benzene rings is 1. The van der Waals surface area contributed by atoms with Crippen LogP contribution in [0.2, 0.25) is 5.02 Å². The van der Waals surface area contributed by atoms with Crippen molar-refractivity contribution in [3.05, 3.63) is 52.7 Å². The largest absolute Gasteiger partial charge is 0.435 e. The highest BCUT2D eigenvalue weighted by molar-refractivity contribution is 6.34. The Morgan fingerprint density at radius 2 is 1.91 bits per heavy atom. The van der Waals surface area contributed by atoms with Crippen molar-refractivity contribution >= 4 is 35.0 Å². The van der Waals surface area contributed by atoms with Crippen molar-refractivity contribution in [2.24, 2.45) is 13.0 Å². The summed E-state index contributed by atoms with van der Waals surface area (Å²) in [7, 11) is 1.38. The molecular weight excluding hydrogens is 603 g/mol. The van der Waals surface area contributed by atoms with Crippen LogP contribution in [0.25, 0.3) is 11.3 Å². The van der Waals surface area contributed by atoms with E-state index in [2.05, 4.69) is 20.7 Å². The number of piperazine rings is 1. The Hall–Kier alpha value is -4.42. The SMILES string of the molecule is Cn1c(-c2cn(CC#N)nc2C(F)(F)F)cnc1C(=O)Nc1ccc(C(=O)N2CCN(C(=O)C[C@H]3CCNC3)CC2)c(Cl)c1. The molecular formula is C28H29ClF3N9O3. The number of nitriles is 1. The second-order valence-corrected chi connectivity index (χ2v) is 11.1. The molecule has 2 saturated heterocycles. The third-order valence-corrected chi connectivity index (χ3v) is 8.05. The van der Waals surface area contributed by atoms with Gasteiger partial charge in [0.15, 0.2) is 11.5 Å². The summed E-state index contributed by atoms with van der Waals surface area (Å²) in [4.78, 5) is 46.2. The average molecular weight is 632 g/mol. The monoisotopic (exact) mass is 631 g/mol. The van der Waals surface area contributed by atoms with Gasteiger partial charge in [0, 0.05) is 51.5 Å². The number of carbonyl (C=O) groups is 3. The van der Waals surface area contributed by atoms with Crippen molar-refractivity contribution in [3.63, 3.8) is 0 Å². The highest BCUT2D eigenvalue weighted by atomic mass is 35.5. The Balaban J connectivity index is 1.23. The number of rotatable bonds is 7. The average Bonchev–Trinajstić information content (AvgIpc) is 3.73. The fourth-order valence-corrected chi connectivity index (χ4v) is 5.65. The van der Waals surface area contributed by atoms with Crippen LogP contribution in [0.5, 0.6) is 0 Å². The van der Waals surface area contributed by atoms with E-state index in [1.165, 1.54) is 29.8 Å². The molecule has 0 spiro atoms. The van der Waals surface area contributed by atoms with Crippen molar-refractivity contribution in [3.8, 4) is 17.3 Å². The summed E-state index contributed by atoms with van der Waals surface area (Å²) >= 11 is 6.42. The first-order valence-electron chi connectivity index (χ1n) is 13.9. The lowest BCUT2D eigenvalue weighted by Crippen LogP contribution is -2.51. The Morgan fingerprint density at radius 3 is 2.55 bits per heavy atom. The van der Waals surface area contributed by atoms with Crippen LogP contribution in [0.15, 0.2) is 30.6 Å². The molecule has 232 valence electrons. The topological polar surface area (TPSA) is 141 Å². The van der Waals surface area contributed by atoms with Crippen LogP contribution in [0.1, 0.15) is 39.5 Å². The van der Waals surface area contributed by atoms with Crippen molar-refractivity contribution in [1.82, 2.24) is 34.4 Å². The third-order valence-electron chi connectivity index (χ3n) is 7.73. The lowest BCUT2D eigenvalue weighted by Gasteiger charge is -2.35. The fourth-order valence-electron chi connectivity index (χ4n) is 5.39. The molecule has 0 radical (unpaired) electrons. The van der Waals surface area contributed by atoms with Gasteiger partial charge >= 0.3 is 6.18 Å². The molecule has 44 heavy (non-hydrogen) atoms. The summed E-state index contributed by atoms with van der Waals surface area (Å²) in [5.74, 6) is -0.762. The molecule has 0 saturated carbocycles. The maximum Gasteiger partial charge on any atom is 0.435 e. The zero-order chi connectivity index (χ0) is 31.6. The summed E-state index contributed by atoms with van der Waals surface area (Å²) in [5.41, 5.74) is -1.08. The molecule has 2 aliphatic rings. The maximum atomic E-state index is 13.6. The van der Waals surface area contributed by atoms with Gasteiger partial charge in [-0.15, -0.1) is 0 Å². The van der Waals surface area contributed by atoms with Gasteiger partial charge in [-0.2, -0.15) is 23.5 Å². The number of nitrogens with zero attached hydrogens (tertiary/aromatic N) is 7.